The van der Waals surface area contributed by atoms with E-state index in [1.54, 1.807) is 0 Å². The van der Waals surface area contributed by atoms with Gasteiger partial charge in [-0.25, -0.2) is 0 Å². The average Bonchev–Trinajstić information content (AvgIpc) is 2.67. The zero-order valence-electron chi connectivity index (χ0n) is 17.2. The van der Waals surface area contributed by atoms with E-state index in [0.717, 1.165) is 12.8 Å². The lowest BCUT2D eigenvalue weighted by atomic mass is 10.0. The summed E-state index contributed by atoms with van der Waals surface area (Å²) in [5.74, 6) is 0. The van der Waals surface area contributed by atoms with Gasteiger partial charge in [0.05, 0.1) is 13.2 Å². The molecule has 0 aromatic carbocycles. The molecular weight excluding hydrogens is 344 g/mol. The molecule has 1 aliphatic heterocycles. The minimum atomic E-state index is -1.15. The largest absolute Gasteiger partial charge is 0.388 e. The van der Waals surface area contributed by atoms with Gasteiger partial charge in [-0.1, -0.05) is 70.4 Å². The second-order valence-corrected chi connectivity index (χ2v) is 7.73. The molecule has 160 valence electrons. The van der Waals surface area contributed by atoms with Gasteiger partial charge in [-0.05, 0) is 25.7 Å². The number of aliphatic hydroxyl groups is 3. The predicted octanol–water partition coefficient (Wildman–Crippen LogP) is 3.74. The molecule has 0 aromatic heterocycles. The number of ether oxygens (including phenoxy) is 2. The Bertz CT molecular complexity index is 361. The molecule has 3 N–H and O–H groups in total. The van der Waals surface area contributed by atoms with E-state index in [0.29, 0.717) is 6.61 Å². The Balaban J connectivity index is 1.80. The summed E-state index contributed by atoms with van der Waals surface area (Å²) in [6, 6.07) is 0. The molecule has 0 saturated carbocycles. The first kappa shape index (κ1) is 24.6. The number of unbranched alkanes of at least 4 members (excludes halogenated alkanes) is 10. The van der Waals surface area contributed by atoms with Gasteiger partial charge in [-0.3, -0.25) is 0 Å². The third kappa shape index (κ3) is 11.9. The standard InChI is InChI=1S/C22H42O5/c1-2-3-4-5-6-7-8-9-10-11-12-13-14-15-16-26-18-20-22(25)21(24)19(23)17-27-20/h4-5,19-25H,2-3,6-18H2,1H3/b5-4+/t19-,20+,21+,22+/m1/s1. The van der Waals surface area contributed by atoms with E-state index in [4.69, 9.17) is 9.47 Å². The maximum atomic E-state index is 9.82. The van der Waals surface area contributed by atoms with E-state index in [-0.39, 0.29) is 13.2 Å². The van der Waals surface area contributed by atoms with Crippen LogP contribution >= 0.6 is 0 Å². The van der Waals surface area contributed by atoms with Gasteiger partial charge in [-0.2, -0.15) is 0 Å². The highest BCUT2D eigenvalue weighted by Gasteiger charge is 2.37. The first-order chi connectivity index (χ1) is 13.2. The zero-order chi connectivity index (χ0) is 19.7. The normalized spacial score (nSPS) is 26.1. The molecule has 0 aromatic rings. The highest BCUT2D eigenvalue weighted by Crippen LogP contribution is 2.16. The zero-order valence-corrected chi connectivity index (χ0v) is 17.2. The Morgan fingerprint density at radius 2 is 1.41 bits per heavy atom. The highest BCUT2D eigenvalue weighted by atomic mass is 16.6. The summed E-state index contributed by atoms with van der Waals surface area (Å²) in [6.07, 6.45) is 16.0. The SMILES string of the molecule is CCC/C=C/CCCCCCCCCCCOC[C@@H]1OC[C@@H](O)[C@H](O)[C@H]1O. The minimum absolute atomic E-state index is 0.0435. The van der Waals surface area contributed by atoms with Crippen LogP contribution in [0.4, 0.5) is 0 Å². The van der Waals surface area contributed by atoms with Crippen LogP contribution in [0.5, 0.6) is 0 Å². The Morgan fingerprint density at radius 1 is 0.815 bits per heavy atom. The molecule has 0 aliphatic carbocycles. The smallest absolute Gasteiger partial charge is 0.111 e. The summed E-state index contributed by atoms with van der Waals surface area (Å²) in [7, 11) is 0. The lowest BCUT2D eigenvalue weighted by Crippen LogP contribution is -2.54. The van der Waals surface area contributed by atoms with Crippen LogP contribution in [0.15, 0.2) is 12.2 Å². The molecule has 4 atom stereocenters. The molecule has 27 heavy (non-hydrogen) atoms. The van der Waals surface area contributed by atoms with Gasteiger partial charge in [0, 0.05) is 6.61 Å². The highest BCUT2D eigenvalue weighted by molar-refractivity contribution is 4.86. The van der Waals surface area contributed by atoms with Crippen molar-refractivity contribution in [2.75, 3.05) is 19.8 Å². The molecule has 1 rings (SSSR count). The van der Waals surface area contributed by atoms with Crippen molar-refractivity contribution in [2.45, 2.75) is 108 Å². The number of rotatable bonds is 16. The molecule has 0 unspecified atom stereocenters. The quantitative estimate of drug-likeness (QED) is 0.278. The maximum Gasteiger partial charge on any atom is 0.111 e. The van der Waals surface area contributed by atoms with Gasteiger partial charge >= 0.3 is 0 Å². The van der Waals surface area contributed by atoms with Crippen LogP contribution in [0, 0.1) is 0 Å². The molecule has 5 heteroatoms. The molecule has 1 aliphatic rings. The summed E-state index contributed by atoms with van der Waals surface area (Å²) < 4.78 is 10.9. The van der Waals surface area contributed by atoms with Gasteiger partial charge < -0.3 is 24.8 Å². The fourth-order valence-corrected chi connectivity index (χ4v) is 3.32. The third-order valence-corrected chi connectivity index (χ3v) is 5.17. The van der Waals surface area contributed by atoms with Gasteiger partial charge in [0.25, 0.3) is 0 Å². The predicted molar refractivity (Wildman–Crippen MR) is 109 cm³/mol. The van der Waals surface area contributed by atoms with Crippen molar-refractivity contribution in [1.82, 2.24) is 0 Å². The maximum absolute atomic E-state index is 9.82. The van der Waals surface area contributed by atoms with Crippen molar-refractivity contribution in [2.24, 2.45) is 0 Å². The van der Waals surface area contributed by atoms with Crippen LogP contribution in [0.3, 0.4) is 0 Å². The number of hydrogen-bond donors (Lipinski definition) is 3. The number of allylic oxidation sites excluding steroid dienone is 2. The van der Waals surface area contributed by atoms with Crippen molar-refractivity contribution in [1.29, 1.82) is 0 Å². The first-order valence-corrected chi connectivity index (χ1v) is 11.0. The Hall–Kier alpha value is -0.460. The van der Waals surface area contributed by atoms with Crippen LogP contribution in [0.2, 0.25) is 0 Å². The molecule has 0 amide bonds. The fraction of sp³-hybridized carbons (Fsp3) is 0.909. The third-order valence-electron chi connectivity index (χ3n) is 5.17. The Labute approximate surface area is 165 Å². The first-order valence-electron chi connectivity index (χ1n) is 11.0. The van der Waals surface area contributed by atoms with E-state index in [1.807, 2.05) is 0 Å². The lowest BCUT2D eigenvalue weighted by molar-refractivity contribution is -0.199. The summed E-state index contributed by atoms with van der Waals surface area (Å²) in [5, 5.41) is 28.8. The van der Waals surface area contributed by atoms with Gasteiger partial charge in [-0.15, -0.1) is 0 Å². The van der Waals surface area contributed by atoms with Crippen molar-refractivity contribution in [3.05, 3.63) is 12.2 Å². The van der Waals surface area contributed by atoms with Crippen LogP contribution in [-0.2, 0) is 9.47 Å². The number of aliphatic hydroxyl groups excluding tert-OH is 3. The second-order valence-electron chi connectivity index (χ2n) is 7.73. The topological polar surface area (TPSA) is 79.2 Å². The summed E-state index contributed by atoms with van der Waals surface area (Å²) in [4.78, 5) is 0. The van der Waals surface area contributed by atoms with E-state index in [1.165, 1.54) is 64.2 Å². The molecule has 0 bridgehead atoms. The average molecular weight is 387 g/mol. The van der Waals surface area contributed by atoms with Crippen molar-refractivity contribution in [3.8, 4) is 0 Å². The second kappa shape index (κ2) is 16.5. The van der Waals surface area contributed by atoms with Crippen LogP contribution in [0.1, 0.15) is 84.0 Å². The number of hydrogen-bond acceptors (Lipinski definition) is 5. The van der Waals surface area contributed by atoms with Crippen molar-refractivity contribution >= 4 is 0 Å². The van der Waals surface area contributed by atoms with E-state index in [2.05, 4.69) is 19.1 Å². The Kier molecular flexibility index (Phi) is 15.0. The van der Waals surface area contributed by atoms with E-state index >= 15 is 0 Å². The van der Waals surface area contributed by atoms with E-state index in [9.17, 15) is 15.3 Å². The lowest BCUT2D eigenvalue weighted by Gasteiger charge is -2.35. The van der Waals surface area contributed by atoms with Crippen LogP contribution in [-0.4, -0.2) is 59.6 Å². The molecule has 1 saturated heterocycles. The van der Waals surface area contributed by atoms with Crippen LogP contribution < -0.4 is 0 Å². The molecular formula is C22H42O5. The minimum Gasteiger partial charge on any atom is -0.388 e. The summed E-state index contributed by atoms with van der Waals surface area (Å²) in [6.45, 7) is 3.17. The molecule has 5 nitrogen and oxygen atoms in total. The molecule has 0 spiro atoms. The Morgan fingerprint density at radius 3 is 2.07 bits per heavy atom. The monoisotopic (exact) mass is 386 g/mol. The fourth-order valence-electron chi connectivity index (χ4n) is 3.32. The molecule has 0 radical (unpaired) electrons. The van der Waals surface area contributed by atoms with Crippen molar-refractivity contribution in [3.63, 3.8) is 0 Å². The van der Waals surface area contributed by atoms with Gasteiger partial charge in [0.2, 0.25) is 0 Å². The molecule has 1 heterocycles. The summed E-state index contributed by atoms with van der Waals surface area (Å²) in [5.41, 5.74) is 0. The van der Waals surface area contributed by atoms with Crippen molar-refractivity contribution < 1.29 is 24.8 Å². The van der Waals surface area contributed by atoms with E-state index < -0.39 is 24.4 Å². The summed E-state index contributed by atoms with van der Waals surface area (Å²) >= 11 is 0. The van der Waals surface area contributed by atoms with Gasteiger partial charge in [0.1, 0.15) is 24.4 Å². The van der Waals surface area contributed by atoms with Gasteiger partial charge in [0.15, 0.2) is 0 Å². The van der Waals surface area contributed by atoms with Crippen LogP contribution in [0.25, 0.3) is 0 Å². The molecule has 1 fully saturated rings.